The summed E-state index contributed by atoms with van der Waals surface area (Å²) < 4.78 is 16.3. The van der Waals surface area contributed by atoms with Gasteiger partial charge in [-0.05, 0) is 50.0 Å². The zero-order chi connectivity index (χ0) is 19.2. The van der Waals surface area contributed by atoms with Crippen molar-refractivity contribution in [3.05, 3.63) is 17.7 Å². The highest BCUT2D eigenvalue weighted by atomic mass is 16.5. The molecule has 6 nitrogen and oxygen atoms in total. The molecule has 2 aliphatic heterocycles. The highest BCUT2D eigenvalue weighted by Gasteiger charge is 2.32. The number of methoxy groups -OCH3 is 3. The maximum Gasteiger partial charge on any atom is 0.203 e. The molecule has 1 aromatic rings. The molecule has 0 aromatic heterocycles. The Morgan fingerprint density at radius 1 is 0.926 bits per heavy atom. The topological polar surface area (TPSA) is 54.4 Å². The monoisotopic (exact) mass is 378 g/mol. The maximum atomic E-state index is 10.8. The third kappa shape index (κ3) is 4.86. The van der Waals surface area contributed by atoms with E-state index in [1.54, 1.807) is 21.3 Å². The molecule has 0 amide bonds. The molecule has 6 heteroatoms. The summed E-state index contributed by atoms with van der Waals surface area (Å²) in [7, 11) is 4.89. The molecule has 2 fully saturated rings. The van der Waals surface area contributed by atoms with E-state index in [-0.39, 0.29) is 6.10 Å². The van der Waals surface area contributed by atoms with E-state index in [0.717, 1.165) is 38.2 Å². The summed E-state index contributed by atoms with van der Waals surface area (Å²) in [6.07, 6.45) is 5.90. The SMILES string of the molecule is COc1cc(CN2CC[C@@H](N3CCCCCC3)[C@H](O)C2)cc(OC)c1OC. The number of aliphatic hydroxyl groups excluding tert-OH is 1. The summed E-state index contributed by atoms with van der Waals surface area (Å²) in [5, 5.41) is 10.8. The first-order valence-electron chi connectivity index (χ1n) is 10.1. The quantitative estimate of drug-likeness (QED) is 0.821. The van der Waals surface area contributed by atoms with Crippen LogP contribution in [0.1, 0.15) is 37.7 Å². The fraction of sp³-hybridized carbons (Fsp3) is 0.714. The van der Waals surface area contributed by atoms with E-state index in [0.29, 0.717) is 29.8 Å². The van der Waals surface area contributed by atoms with Crippen LogP contribution in [0.15, 0.2) is 12.1 Å². The van der Waals surface area contributed by atoms with Crippen LogP contribution in [-0.2, 0) is 6.54 Å². The van der Waals surface area contributed by atoms with Crippen molar-refractivity contribution in [3.8, 4) is 17.2 Å². The summed E-state index contributed by atoms with van der Waals surface area (Å²) in [5.74, 6) is 1.96. The average Bonchev–Trinajstić information content (AvgIpc) is 2.96. The molecule has 0 saturated carbocycles. The van der Waals surface area contributed by atoms with Gasteiger partial charge in [0.1, 0.15) is 0 Å². The number of hydrogen-bond donors (Lipinski definition) is 1. The lowest BCUT2D eigenvalue weighted by Crippen LogP contribution is -2.54. The van der Waals surface area contributed by atoms with Crippen LogP contribution in [-0.4, -0.2) is 74.6 Å². The molecule has 1 N–H and O–H groups in total. The Morgan fingerprint density at radius 2 is 1.56 bits per heavy atom. The number of hydrogen-bond acceptors (Lipinski definition) is 6. The molecule has 27 heavy (non-hydrogen) atoms. The predicted octanol–water partition coefficient (Wildman–Crippen LogP) is 2.52. The van der Waals surface area contributed by atoms with Crippen LogP contribution in [0, 0.1) is 0 Å². The zero-order valence-electron chi connectivity index (χ0n) is 16.9. The lowest BCUT2D eigenvalue weighted by molar-refractivity contribution is -0.0144. The number of likely N-dealkylation sites (tertiary alicyclic amines) is 2. The second-order valence-electron chi connectivity index (χ2n) is 7.64. The molecule has 0 spiro atoms. The van der Waals surface area contributed by atoms with Gasteiger partial charge in [0.15, 0.2) is 11.5 Å². The normalized spacial score (nSPS) is 25.0. The van der Waals surface area contributed by atoms with Gasteiger partial charge in [0, 0.05) is 25.7 Å². The molecule has 152 valence electrons. The van der Waals surface area contributed by atoms with Gasteiger partial charge < -0.3 is 19.3 Å². The van der Waals surface area contributed by atoms with Gasteiger partial charge in [-0.25, -0.2) is 0 Å². The largest absolute Gasteiger partial charge is 0.493 e. The van der Waals surface area contributed by atoms with Gasteiger partial charge in [-0.15, -0.1) is 0 Å². The van der Waals surface area contributed by atoms with Crippen LogP contribution < -0.4 is 14.2 Å². The van der Waals surface area contributed by atoms with Crippen LogP contribution in [0.25, 0.3) is 0 Å². The van der Waals surface area contributed by atoms with Crippen LogP contribution in [0.5, 0.6) is 17.2 Å². The van der Waals surface area contributed by atoms with Crippen molar-refractivity contribution in [2.45, 2.75) is 50.8 Å². The minimum Gasteiger partial charge on any atom is -0.493 e. The zero-order valence-corrected chi connectivity index (χ0v) is 16.9. The Labute approximate surface area is 163 Å². The highest BCUT2D eigenvalue weighted by molar-refractivity contribution is 5.53. The minimum absolute atomic E-state index is 0.293. The van der Waals surface area contributed by atoms with Gasteiger partial charge in [-0.2, -0.15) is 0 Å². The fourth-order valence-corrected chi connectivity index (χ4v) is 4.47. The molecule has 0 unspecified atom stereocenters. The van der Waals surface area contributed by atoms with Crippen molar-refractivity contribution in [2.75, 3.05) is 47.5 Å². The van der Waals surface area contributed by atoms with Gasteiger partial charge in [-0.1, -0.05) is 12.8 Å². The minimum atomic E-state index is -0.293. The highest BCUT2D eigenvalue weighted by Crippen LogP contribution is 2.38. The van der Waals surface area contributed by atoms with Crippen molar-refractivity contribution < 1.29 is 19.3 Å². The number of aliphatic hydroxyl groups is 1. The molecule has 1 aromatic carbocycles. The van der Waals surface area contributed by atoms with E-state index in [1.807, 2.05) is 12.1 Å². The van der Waals surface area contributed by atoms with E-state index in [2.05, 4.69) is 9.80 Å². The number of piperidine rings is 1. The molecule has 0 bridgehead atoms. The number of β-amino-alcohol motifs (C(OH)–C–C–N with tert-alkyl or cyclic N) is 1. The second kappa shape index (κ2) is 9.62. The van der Waals surface area contributed by atoms with Crippen molar-refractivity contribution in [1.82, 2.24) is 9.80 Å². The van der Waals surface area contributed by atoms with Gasteiger partial charge in [0.25, 0.3) is 0 Å². The number of ether oxygens (including phenoxy) is 3. The smallest absolute Gasteiger partial charge is 0.203 e. The predicted molar refractivity (Wildman–Crippen MR) is 106 cm³/mol. The first-order chi connectivity index (χ1) is 13.2. The number of benzene rings is 1. The summed E-state index contributed by atoms with van der Waals surface area (Å²) in [6, 6.07) is 4.29. The van der Waals surface area contributed by atoms with Gasteiger partial charge in [0.05, 0.1) is 27.4 Å². The van der Waals surface area contributed by atoms with E-state index < -0.39 is 0 Å². The first-order valence-corrected chi connectivity index (χ1v) is 10.1. The van der Waals surface area contributed by atoms with Crippen LogP contribution in [0.3, 0.4) is 0 Å². The summed E-state index contributed by atoms with van der Waals surface area (Å²) in [6.45, 7) is 4.73. The van der Waals surface area contributed by atoms with Crippen molar-refractivity contribution in [1.29, 1.82) is 0 Å². The fourth-order valence-electron chi connectivity index (χ4n) is 4.47. The Morgan fingerprint density at radius 3 is 2.07 bits per heavy atom. The van der Waals surface area contributed by atoms with Crippen molar-refractivity contribution in [3.63, 3.8) is 0 Å². The van der Waals surface area contributed by atoms with E-state index in [1.165, 1.54) is 25.7 Å². The standard InChI is InChI=1S/C21H34N2O4/c1-25-19-12-16(13-20(26-2)21(19)27-3)14-22-11-8-17(18(24)15-22)23-9-6-4-5-7-10-23/h12-13,17-18,24H,4-11,14-15H2,1-3H3/t17-,18-/m1/s1. The lowest BCUT2D eigenvalue weighted by Gasteiger charge is -2.41. The maximum absolute atomic E-state index is 10.8. The summed E-state index contributed by atoms with van der Waals surface area (Å²) in [4.78, 5) is 4.84. The Hall–Kier alpha value is -1.50. The van der Waals surface area contributed by atoms with Crippen molar-refractivity contribution >= 4 is 0 Å². The number of rotatable bonds is 6. The van der Waals surface area contributed by atoms with E-state index >= 15 is 0 Å². The van der Waals surface area contributed by atoms with Crippen LogP contribution >= 0.6 is 0 Å². The van der Waals surface area contributed by atoms with E-state index in [9.17, 15) is 5.11 Å². The summed E-state index contributed by atoms with van der Waals surface area (Å²) in [5.41, 5.74) is 1.10. The average molecular weight is 379 g/mol. The van der Waals surface area contributed by atoms with Gasteiger partial charge >= 0.3 is 0 Å². The molecule has 2 heterocycles. The third-order valence-electron chi connectivity index (χ3n) is 5.87. The van der Waals surface area contributed by atoms with Gasteiger partial charge in [0.2, 0.25) is 5.75 Å². The van der Waals surface area contributed by atoms with Gasteiger partial charge in [-0.3, -0.25) is 9.80 Å². The molecule has 2 saturated heterocycles. The third-order valence-corrected chi connectivity index (χ3v) is 5.87. The Bertz CT molecular complexity index is 577. The second-order valence-corrected chi connectivity index (χ2v) is 7.64. The van der Waals surface area contributed by atoms with Crippen molar-refractivity contribution in [2.24, 2.45) is 0 Å². The molecule has 0 radical (unpaired) electrons. The van der Waals surface area contributed by atoms with E-state index in [4.69, 9.17) is 14.2 Å². The summed E-state index contributed by atoms with van der Waals surface area (Å²) >= 11 is 0. The Kier molecular flexibility index (Phi) is 7.21. The molecule has 2 aliphatic rings. The molecular weight excluding hydrogens is 344 g/mol. The molecule has 2 atom stereocenters. The van der Waals surface area contributed by atoms with Crippen LogP contribution in [0.2, 0.25) is 0 Å². The first kappa shape index (κ1) is 20.2. The molecule has 0 aliphatic carbocycles. The number of nitrogens with zero attached hydrogens (tertiary/aromatic N) is 2. The Balaban J connectivity index is 1.64. The van der Waals surface area contributed by atoms with Crippen LogP contribution in [0.4, 0.5) is 0 Å². The molecule has 3 rings (SSSR count). The lowest BCUT2D eigenvalue weighted by atomic mass is 9.99. The molecular formula is C21H34N2O4.